The number of hydrogen-bond acceptors (Lipinski definition) is 6. The predicted octanol–water partition coefficient (Wildman–Crippen LogP) is 4.09. The summed E-state index contributed by atoms with van der Waals surface area (Å²) in [4.78, 5) is 36.0. The monoisotopic (exact) mass is 479 g/mol. The standard InChI is InChI=1S/C26H33N5O4/c1-19-5-9-21(10-6-19)29-26(33)31-15-13-22(14-16-31)28-23-11-7-20(18-27-23)8-12-24(32)30-35-25-4-2-3-17-34-25/h5-12,18,22,25H,2-4,13-17H2,1H3,(H,27,28)(H,29,33)(H,30,32). The number of pyridine rings is 1. The minimum atomic E-state index is -0.373. The highest BCUT2D eigenvalue weighted by atomic mass is 16.8. The van der Waals surface area contributed by atoms with E-state index in [1.165, 1.54) is 6.08 Å². The van der Waals surface area contributed by atoms with Gasteiger partial charge in [0.1, 0.15) is 5.82 Å². The van der Waals surface area contributed by atoms with Crippen LogP contribution in [0.4, 0.5) is 16.3 Å². The van der Waals surface area contributed by atoms with Crippen molar-refractivity contribution in [3.05, 3.63) is 59.8 Å². The van der Waals surface area contributed by atoms with E-state index in [4.69, 9.17) is 9.57 Å². The molecule has 35 heavy (non-hydrogen) atoms. The van der Waals surface area contributed by atoms with Crippen LogP contribution >= 0.6 is 0 Å². The number of hydrogen-bond donors (Lipinski definition) is 3. The Hall–Kier alpha value is -3.43. The Kier molecular flexibility index (Phi) is 8.69. The van der Waals surface area contributed by atoms with Crippen LogP contribution in [0.15, 0.2) is 48.7 Å². The van der Waals surface area contributed by atoms with Crippen LogP contribution in [0.25, 0.3) is 6.08 Å². The third kappa shape index (κ3) is 7.80. The van der Waals surface area contributed by atoms with Crippen LogP contribution in [0.2, 0.25) is 0 Å². The number of likely N-dealkylation sites (tertiary alicyclic amines) is 1. The zero-order chi connectivity index (χ0) is 24.5. The number of urea groups is 1. The van der Waals surface area contributed by atoms with Gasteiger partial charge >= 0.3 is 6.03 Å². The quantitative estimate of drug-likeness (QED) is 0.408. The van der Waals surface area contributed by atoms with Gasteiger partial charge in [0.25, 0.3) is 5.91 Å². The van der Waals surface area contributed by atoms with Gasteiger partial charge < -0.3 is 20.3 Å². The van der Waals surface area contributed by atoms with Gasteiger partial charge in [-0.25, -0.2) is 20.1 Å². The molecular formula is C26H33N5O4. The number of anilines is 2. The molecule has 3 amide bonds. The van der Waals surface area contributed by atoms with E-state index in [1.54, 1.807) is 12.3 Å². The summed E-state index contributed by atoms with van der Waals surface area (Å²) < 4.78 is 5.41. The highest BCUT2D eigenvalue weighted by Crippen LogP contribution is 2.18. The minimum Gasteiger partial charge on any atom is -0.367 e. The number of nitrogens with zero attached hydrogens (tertiary/aromatic N) is 2. The lowest BCUT2D eigenvalue weighted by Gasteiger charge is -2.32. The molecule has 2 aromatic rings. The molecule has 0 spiro atoms. The first-order valence-corrected chi connectivity index (χ1v) is 12.2. The summed E-state index contributed by atoms with van der Waals surface area (Å²) in [5, 5.41) is 6.40. The highest BCUT2D eigenvalue weighted by molar-refractivity contribution is 5.91. The van der Waals surface area contributed by atoms with E-state index in [9.17, 15) is 9.59 Å². The third-order valence-corrected chi connectivity index (χ3v) is 6.08. The van der Waals surface area contributed by atoms with Crippen molar-refractivity contribution in [3.8, 4) is 0 Å². The van der Waals surface area contributed by atoms with Gasteiger partial charge in [0, 0.05) is 50.1 Å². The summed E-state index contributed by atoms with van der Waals surface area (Å²) in [6.45, 7) is 4.04. The average molecular weight is 480 g/mol. The number of nitrogens with one attached hydrogen (secondary N) is 3. The van der Waals surface area contributed by atoms with Crippen LogP contribution in [0.5, 0.6) is 0 Å². The number of hydroxylamine groups is 1. The zero-order valence-electron chi connectivity index (χ0n) is 20.0. The number of carbonyl (C=O) groups is 2. The van der Waals surface area contributed by atoms with Crippen LogP contribution in [-0.2, 0) is 14.4 Å². The lowest BCUT2D eigenvalue weighted by molar-refractivity contribution is -0.198. The lowest BCUT2D eigenvalue weighted by atomic mass is 10.1. The Bertz CT molecular complexity index is 995. The number of rotatable bonds is 7. The lowest BCUT2D eigenvalue weighted by Crippen LogP contribution is -2.44. The Morgan fingerprint density at radius 3 is 2.57 bits per heavy atom. The van der Waals surface area contributed by atoms with E-state index in [0.717, 1.165) is 54.7 Å². The van der Waals surface area contributed by atoms with Gasteiger partial charge in [-0.15, -0.1) is 0 Å². The fourth-order valence-electron chi connectivity index (χ4n) is 4.00. The molecule has 4 rings (SSSR count). The highest BCUT2D eigenvalue weighted by Gasteiger charge is 2.23. The van der Waals surface area contributed by atoms with Gasteiger partial charge in [-0.2, -0.15) is 0 Å². The predicted molar refractivity (Wildman–Crippen MR) is 135 cm³/mol. The molecule has 0 aliphatic carbocycles. The van der Waals surface area contributed by atoms with Gasteiger partial charge in [0.2, 0.25) is 0 Å². The molecule has 1 aromatic carbocycles. The first-order valence-electron chi connectivity index (χ1n) is 12.2. The molecule has 1 aromatic heterocycles. The molecule has 1 unspecified atom stereocenters. The fourth-order valence-corrected chi connectivity index (χ4v) is 4.00. The summed E-state index contributed by atoms with van der Waals surface area (Å²) in [6, 6.07) is 11.8. The minimum absolute atomic E-state index is 0.0673. The van der Waals surface area contributed by atoms with Crippen LogP contribution in [0.3, 0.4) is 0 Å². The number of aromatic nitrogens is 1. The summed E-state index contributed by atoms with van der Waals surface area (Å²) >= 11 is 0. The van der Waals surface area contributed by atoms with Crippen LogP contribution in [-0.4, -0.2) is 53.9 Å². The smallest absolute Gasteiger partial charge is 0.321 e. The number of ether oxygens (including phenoxy) is 1. The fraction of sp³-hybridized carbons (Fsp3) is 0.423. The van der Waals surface area contributed by atoms with Crippen molar-refractivity contribution in [2.45, 2.75) is 51.4 Å². The maximum absolute atomic E-state index is 12.5. The molecule has 9 heteroatoms. The first-order chi connectivity index (χ1) is 17.0. The molecule has 2 saturated heterocycles. The van der Waals surface area contributed by atoms with E-state index >= 15 is 0 Å². The van der Waals surface area contributed by atoms with Crippen molar-refractivity contribution in [1.82, 2.24) is 15.4 Å². The van der Waals surface area contributed by atoms with Gasteiger partial charge in [-0.1, -0.05) is 17.7 Å². The Morgan fingerprint density at radius 1 is 1.09 bits per heavy atom. The van der Waals surface area contributed by atoms with Gasteiger partial charge in [-0.3, -0.25) is 4.79 Å². The van der Waals surface area contributed by atoms with E-state index in [-0.39, 0.29) is 24.3 Å². The molecule has 0 radical (unpaired) electrons. The van der Waals surface area contributed by atoms with Crippen molar-refractivity contribution in [3.63, 3.8) is 0 Å². The van der Waals surface area contributed by atoms with Gasteiger partial charge in [0.05, 0.1) is 0 Å². The van der Waals surface area contributed by atoms with Crippen molar-refractivity contribution in [2.75, 3.05) is 30.3 Å². The second-order valence-corrected chi connectivity index (χ2v) is 8.89. The van der Waals surface area contributed by atoms with Crippen molar-refractivity contribution in [1.29, 1.82) is 0 Å². The summed E-state index contributed by atoms with van der Waals surface area (Å²) in [6.07, 6.45) is 8.95. The molecule has 2 aliphatic rings. The zero-order valence-corrected chi connectivity index (χ0v) is 20.0. The van der Waals surface area contributed by atoms with Crippen molar-refractivity contribution < 1.29 is 19.2 Å². The number of aryl methyl sites for hydroxylation is 1. The first kappa shape index (κ1) is 24.7. The van der Waals surface area contributed by atoms with Gasteiger partial charge in [0.15, 0.2) is 6.29 Å². The van der Waals surface area contributed by atoms with Crippen molar-refractivity contribution in [2.24, 2.45) is 0 Å². The molecule has 3 N–H and O–H groups in total. The number of piperidine rings is 1. The SMILES string of the molecule is Cc1ccc(NC(=O)N2CCC(Nc3ccc(C=CC(=O)NOC4CCCCO4)cn3)CC2)cc1. The maximum atomic E-state index is 12.5. The molecule has 1 atom stereocenters. The molecule has 0 saturated carbocycles. The second kappa shape index (κ2) is 12.3. The van der Waals surface area contributed by atoms with Crippen LogP contribution in [0, 0.1) is 6.92 Å². The van der Waals surface area contributed by atoms with Crippen molar-refractivity contribution >= 4 is 29.5 Å². The molecule has 9 nitrogen and oxygen atoms in total. The molecular weight excluding hydrogens is 446 g/mol. The molecule has 0 bridgehead atoms. The average Bonchev–Trinajstić information content (AvgIpc) is 2.89. The van der Waals surface area contributed by atoms with E-state index in [1.807, 2.05) is 48.2 Å². The van der Waals surface area contributed by atoms with E-state index in [0.29, 0.717) is 19.7 Å². The maximum Gasteiger partial charge on any atom is 0.321 e. The molecule has 186 valence electrons. The van der Waals surface area contributed by atoms with E-state index in [2.05, 4.69) is 21.1 Å². The normalized spacial score (nSPS) is 18.9. The Labute approximate surface area is 205 Å². The van der Waals surface area contributed by atoms with E-state index < -0.39 is 0 Å². The number of amides is 3. The third-order valence-electron chi connectivity index (χ3n) is 6.08. The van der Waals surface area contributed by atoms with Crippen LogP contribution < -0.4 is 16.1 Å². The second-order valence-electron chi connectivity index (χ2n) is 8.89. The largest absolute Gasteiger partial charge is 0.367 e. The van der Waals surface area contributed by atoms with Gasteiger partial charge in [-0.05, 0) is 68.5 Å². The molecule has 3 heterocycles. The topological polar surface area (TPSA) is 105 Å². The Balaban J connectivity index is 1.17. The number of carbonyl (C=O) groups excluding carboxylic acids is 2. The summed E-state index contributed by atoms with van der Waals surface area (Å²) in [5.41, 5.74) is 5.17. The Morgan fingerprint density at radius 2 is 1.89 bits per heavy atom. The summed E-state index contributed by atoms with van der Waals surface area (Å²) in [7, 11) is 0. The molecule has 2 aliphatic heterocycles. The number of benzene rings is 1. The van der Waals surface area contributed by atoms with Crippen LogP contribution in [0.1, 0.15) is 43.2 Å². The summed E-state index contributed by atoms with van der Waals surface area (Å²) in [5.74, 6) is 0.423. The molecule has 2 fully saturated rings.